The Hall–Kier alpha value is -0.600. The minimum absolute atomic E-state index is 0.276. The molecular formula is C13H19ClFN. The molecule has 0 fully saturated rings. The van der Waals surface area contributed by atoms with Gasteiger partial charge in [0.05, 0.1) is 0 Å². The largest absolute Gasteiger partial charge is 0.314 e. The Morgan fingerprint density at radius 2 is 2.00 bits per heavy atom. The van der Waals surface area contributed by atoms with Gasteiger partial charge in [0, 0.05) is 11.1 Å². The van der Waals surface area contributed by atoms with Crippen molar-refractivity contribution >= 4 is 11.6 Å². The predicted octanol–water partition coefficient (Wildman–Crippen LogP) is 3.66. The van der Waals surface area contributed by atoms with Gasteiger partial charge in [0.1, 0.15) is 5.82 Å². The average molecular weight is 244 g/mol. The van der Waals surface area contributed by atoms with Crippen molar-refractivity contribution in [3.05, 3.63) is 34.6 Å². The number of nitrogens with one attached hydrogen (secondary N) is 1. The molecule has 1 unspecified atom stereocenters. The van der Waals surface area contributed by atoms with Crippen LogP contribution in [0, 0.1) is 11.7 Å². The third-order valence-corrected chi connectivity index (χ3v) is 2.81. The molecular weight excluding hydrogens is 225 g/mol. The van der Waals surface area contributed by atoms with Crippen LogP contribution in [-0.2, 0) is 6.42 Å². The molecule has 0 aromatic heterocycles. The molecule has 0 saturated heterocycles. The second-order valence-electron chi connectivity index (χ2n) is 4.61. The molecule has 0 amide bonds. The quantitative estimate of drug-likeness (QED) is 0.832. The van der Waals surface area contributed by atoms with Gasteiger partial charge in [-0.25, -0.2) is 4.39 Å². The van der Waals surface area contributed by atoms with Crippen LogP contribution in [0.2, 0.25) is 5.02 Å². The van der Waals surface area contributed by atoms with E-state index in [0.717, 1.165) is 18.5 Å². The molecule has 0 aliphatic rings. The zero-order valence-corrected chi connectivity index (χ0v) is 10.8. The maximum atomic E-state index is 12.8. The van der Waals surface area contributed by atoms with Crippen LogP contribution >= 0.6 is 11.6 Å². The van der Waals surface area contributed by atoms with Crippen LogP contribution in [0.15, 0.2) is 18.2 Å². The fraction of sp³-hybridized carbons (Fsp3) is 0.538. The van der Waals surface area contributed by atoms with Crippen molar-refractivity contribution in [2.24, 2.45) is 5.92 Å². The molecule has 0 spiro atoms. The summed E-state index contributed by atoms with van der Waals surface area (Å²) >= 11 is 5.98. The highest BCUT2D eigenvalue weighted by Crippen LogP contribution is 2.20. The van der Waals surface area contributed by atoms with E-state index < -0.39 is 0 Å². The molecule has 1 nitrogen and oxygen atoms in total. The molecule has 0 radical (unpaired) electrons. The van der Waals surface area contributed by atoms with Gasteiger partial charge in [0.2, 0.25) is 0 Å². The number of benzene rings is 1. The van der Waals surface area contributed by atoms with E-state index in [1.54, 1.807) is 6.07 Å². The molecule has 1 atom stereocenters. The zero-order valence-electron chi connectivity index (χ0n) is 10.1. The third kappa shape index (κ3) is 4.50. The lowest BCUT2D eigenvalue weighted by atomic mass is 10.0. The summed E-state index contributed by atoms with van der Waals surface area (Å²) in [7, 11) is 0. The molecule has 0 aliphatic heterocycles. The SMILES string of the molecule is CC(CNC(C)C)Cc1ccc(F)cc1Cl. The van der Waals surface area contributed by atoms with E-state index in [2.05, 4.69) is 26.1 Å². The van der Waals surface area contributed by atoms with Crippen LogP contribution in [0.5, 0.6) is 0 Å². The summed E-state index contributed by atoms with van der Waals surface area (Å²) in [5, 5.41) is 3.90. The highest BCUT2D eigenvalue weighted by atomic mass is 35.5. The Morgan fingerprint density at radius 1 is 1.31 bits per heavy atom. The molecule has 0 saturated carbocycles. The summed E-state index contributed by atoms with van der Waals surface area (Å²) in [6.45, 7) is 7.36. The molecule has 1 N–H and O–H groups in total. The number of hydrogen-bond acceptors (Lipinski definition) is 1. The smallest absolute Gasteiger partial charge is 0.124 e. The van der Waals surface area contributed by atoms with Crippen molar-refractivity contribution < 1.29 is 4.39 Å². The fourth-order valence-electron chi connectivity index (χ4n) is 1.57. The summed E-state index contributed by atoms with van der Waals surface area (Å²) in [6.07, 6.45) is 0.874. The molecule has 90 valence electrons. The first-order valence-corrected chi connectivity index (χ1v) is 6.04. The van der Waals surface area contributed by atoms with Crippen molar-refractivity contribution in [2.75, 3.05) is 6.54 Å². The Bertz CT molecular complexity index is 339. The number of hydrogen-bond donors (Lipinski definition) is 1. The molecule has 0 aliphatic carbocycles. The van der Waals surface area contributed by atoms with Crippen molar-refractivity contribution in [1.82, 2.24) is 5.32 Å². The van der Waals surface area contributed by atoms with Crippen molar-refractivity contribution in [3.63, 3.8) is 0 Å². The molecule has 1 aromatic rings. The van der Waals surface area contributed by atoms with Crippen LogP contribution in [0.25, 0.3) is 0 Å². The van der Waals surface area contributed by atoms with E-state index in [9.17, 15) is 4.39 Å². The summed E-state index contributed by atoms with van der Waals surface area (Å²) in [5.41, 5.74) is 1.01. The third-order valence-electron chi connectivity index (χ3n) is 2.46. The van der Waals surface area contributed by atoms with Crippen LogP contribution < -0.4 is 5.32 Å². The van der Waals surface area contributed by atoms with Gasteiger partial charge in [0.25, 0.3) is 0 Å². The van der Waals surface area contributed by atoms with Crippen molar-refractivity contribution in [1.29, 1.82) is 0 Å². The average Bonchev–Trinajstić information content (AvgIpc) is 2.19. The monoisotopic (exact) mass is 243 g/mol. The van der Waals surface area contributed by atoms with E-state index in [0.29, 0.717) is 17.0 Å². The van der Waals surface area contributed by atoms with Gasteiger partial charge in [-0.1, -0.05) is 38.4 Å². The predicted molar refractivity (Wildman–Crippen MR) is 67.4 cm³/mol. The summed E-state index contributed by atoms with van der Waals surface area (Å²) in [6, 6.07) is 5.10. The van der Waals surface area contributed by atoms with E-state index in [1.807, 2.05) is 0 Å². The molecule has 1 aromatic carbocycles. The van der Waals surface area contributed by atoms with Gasteiger partial charge < -0.3 is 5.32 Å². The highest BCUT2D eigenvalue weighted by molar-refractivity contribution is 6.31. The van der Waals surface area contributed by atoms with Gasteiger partial charge in [0.15, 0.2) is 0 Å². The Balaban J connectivity index is 2.52. The van der Waals surface area contributed by atoms with E-state index in [4.69, 9.17) is 11.6 Å². The summed E-state index contributed by atoms with van der Waals surface area (Å²) in [5.74, 6) is 0.215. The lowest BCUT2D eigenvalue weighted by molar-refractivity contribution is 0.475. The zero-order chi connectivity index (χ0) is 12.1. The molecule has 16 heavy (non-hydrogen) atoms. The van der Waals surface area contributed by atoms with Crippen LogP contribution in [0.3, 0.4) is 0 Å². The number of halogens is 2. The minimum Gasteiger partial charge on any atom is -0.314 e. The Morgan fingerprint density at radius 3 is 2.56 bits per heavy atom. The van der Waals surface area contributed by atoms with Crippen molar-refractivity contribution in [3.8, 4) is 0 Å². The van der Waals surface area contributed by atoms with E-state index >= 15 is 0 Å². The maximum Gasteiger partial charge on any atom is 0.124 e. The second-order valence-corrected chi connectivity index (χ2v) is 5.02. The van der Waals surface area contributed by atoms with E-state index in [1.165, 1.54) is 12.1 Å². The first-order valence-electron chi connectivity index (χ1n) is 5.66. The van der Waals surface area contributed by atoms with Gasteiger partial charge in [-0.05, 0) is 36.6 Å². The van der Waals surface area contributed by atoms with Crippen LogP contribution in [-0.4, -0.2) is 12.6 Å². The normalized spacial score (nSPS) is 13.1. The second kappa shape index (κ2) is 6.21. The van der Waals surface area contributed by atoms with Crippen molar-refractivity contribution in [2.45, 2.75) is 33.2 Å². The topological polar surface area (TPSA) is 12.0 Å². The fourth-order valence-corrected chi connectivity index (χ4v) is 1.82. The molecule has 1 rings (SSSR count). The standard InChI is InChI=1S/C13H19ClFN/c1-9(2)16-8-10(3)6-11-4-5-12(15)7-13(11)14/h4-5,7,9-10,16H,6,8H2,1-3H3. The molecule has 0 heterocycles. The lowest BCUT2D eigenvalue weighted by Crippen LogP contribution is -2.28. The number of rotatable bonds is 5. The Kier molecular flexibility index (Phi) is 5.23. The molecule has 0 bridgehead atoms. The van der Waals surface area contributed by atoms with Crippen LogP contribution in [0.1, 0.15) is 26.3 Å². The first kappa shape index (κ1) is 13.5. The minimum atomic E-state index is -0.276. The first-order chi connectivity index (χ1) is 7.49. The van der Waals surface area contributed by atoms with E-state index in [-0.39, 0.29) is 5.82 Å². The van der Waals surface area contributed by atoms with Gasteiger partial charge in [-0.2, -0.15) is 0 Å². The lowest BCUT2D eigenvalue weighted by Gasteiger charge is -2.15. The maximum absolute atomic E-state index is 12.8. The van der Waals surface area contributed by atoms with Gasteiger partial charge in [-0.15, -0.1) is 0 Å². The van der Waals surface area contributed by atoms with Gasteiger partial charge in [-0.3, -0.25) is 0 Å². The summed E-state index contributed by atoms with van der Waals surface area (Å²) < 4.78 is 12.8. The van der Waals surface area contributed by atoms with Gasteiger partial charge >= 0.3 is 0 Å². The highest BCUT2D eigenvalue weighted by Gasteiger charge is 2.08. The van der Waals surface area contributed by atoms with Crippen LogP contribution in [0.4, 0.5) is 4.39 Å². The molecule has 3 heteroatoms. The summed E-state index contributed by atoms with van der Waals surface area (Å²) in [4.78, 5) is 0. The Labute approximate surface area is 102 Å².